The van der Waals surface area contributed by atoms with Gasteiger partial charge in [-0.25, -0.2) is 15.0 Å². The topological polar surface area (TPSA) is 76.2 Å². The number of hydrogen-bond acceptors (Lipinski definition) is 6. The number of aryl methyl sites for hydroxylation is 2. The second-order valence-corrected chi connectivity index (χ2v) is 5.51. The standard InChI is InChI=1S/C15H21N5O2/c1-9-10(2)19-15(18-9)12-5-11(21-3)7-20(12)13-6-14(22-4)17-8-16-13/h6,8,11-12H,5,7H2,1-4H3,(H,18,19)/t11-,12+/m1/s1. The van der Waals surface area contributed by atoms with E-state index in [2.05, 4.69) is 24.8 Å². The van der Waals surface area contributed by atoms with Gasteiger partial charge < -0.3 is 19.4 Å². The Labute approximate surface area is 129 Å². The predicted octanol–water partition coefficient (Wildman–Crippen LogP) is 1.79. The first-order valence-electron chi connectivity index (χ1n) is 7.31. The first kappa shape index (κ1) is 14.8. The molecule has 1 saturated heterocycles. The second kappa shape index (κ2) is 5.92. The van der Waals surface area contributed by atoms with E-state index in [1.807, 2.05) is 19.9 Å². The molecule has 0 amide bonds. The maximum atomic E-state index is 5.55. The summed E-state index contributed by atoms with van der Waals surface area (Å²) in [7, 11) is 3.34. The highest BCUT2D eigenvalue weighted by Gasteiger charge is 2.36. The van der Waals surface area contributed by atoms with Crippen molar-refractivity contribution < 1.29 is 9.47 Å². The highest BCUT2D eigenvalue weighted by Crippen LogP contribution is 2.36. The number of nitrogens with one attached hydrogen (secondary N) is 1. The summed E-state index contributed by atoms with van der Waals surface area (Å²) in [5.74, 6) is 2.33. The first-order valence-corrected chi connectivity index (χ1v) is 7.31. The Morgan fingerprint density at radius 2 is 2.09 bits per heavy atom. The smallest absolute Gasteiger partial charge is 0.218 e. The van der Waals surface area contributed by atoms with Crippen molar-refractivity contribution in [3.05, 3.63) is 29.6 Å². The Kier molecular flexibility index (Phi) is 3.98. The molecule has 2 aromatic heterocycles. The monoisotopic (exact) mass is 303 g/mol. The summed E-state index contributed by atoms with van der Waals surface area (Å²) in [4.78, 5) is 18.7. The number of nitrogens with zero attached hydrogens (tertiary/aromatic N) is 4. The van der Waals surface area contributed by atoms with Crippen LogP contribution in [0.2, 0.25) is 0 Å². The first-order chi connectivity index (χ1) is 10.6. The molecule has 1 aliphatic rings. The molecule has 118 valence electrons. The lowest BCUT2D eigenvalue weighted by Crippen LogP contribution is -2.26. The molecule has 7 heteroatoms. The van der Waals surface area contributed by atoms with Gasteiger partial charge in [-0.3, -0.25) is 0 Å². The molecule has 2 aromatic rings. The number of aromatic nitrogens is 4. The van der Waals surface area contributed by atoms with E-state index >= 15 is 0 Å². The molecule has 1 N–H and O–H groups in total. The van der Waals surface area contributed by atoms with E-state index in [1.54, 1.807) is 14.2 Å². The zero-order valence-corrected chi connectivity index (χ0v) is 13.3. The van der Waals surface area contributed by atoms with Crippen molar-refractivity contribution in [3.8, 4) is 5.88 Å². The fraction of sp³-hybridized carbons (Fsp3) is 0.533. The molecule has 22 heavy (non-hydrogen) atoms. The van der Waals surface area contributed by atoms with Crippen LogP contribution in [-0.4, -0.2) is 46.8 Å². The third-order valence-corrected chi connectivity index (χ3v) is 4.19. The van der Waals surface area contributed by atoms with Crippen LogP contribution in [0.1, 0.15) is 29.7 Å². The number of ether oxygens (including phenoxy) is 2. The van der Waals surface area contributed by atoms with Gasteiger partial charge in [0.25, 0.3) is 0 Å². The number of rotatable bonds is 4. The molecule has 0 spiro atoms. The van der Waals surface area contributed by atoms with Crippen molar-refractivity contribution in [1.29, 1.82) is 0 Å². The van der Waals surface area contributed by atoms with E-state index in [1.165, 1.54) is 6.33 Å². The number of hydrogen-bond donors (Lipinski definition) is 1. The van der Waals surface area contributed by atoms with Crippen LogP contribution in [0.15, 0.2) is 12.4 Å². The van der Waals surface area contributed by atoms with E-state index in [9.17, 15) is 0 Å². The van der Waals surface area contributed by atoms with Crippen molar-refractivity contribution in [2.45, 2.75) is 32.4 Å². The molecule has 0 unspecified atom stereocenters. The minimum atomic E-state index is 0.108. The van der Waals surface area contributed by atoms with Gasteiger partial charge in [0.2, 0.25) is 5.88 Å². The van der Waals surface area contributed by atoms with Crippen LogP contribution in [0.4, 0.5) is 5.82 Å². The van der Waals surface area contributed by atoms with Crippen LogP contribution in [0.5, 0.6) is 5.88 Å². The molecule has 0 saturated carbocycles. The molecule has 0 radical (unpaired) electrons. The van der Waals surface area contributed by atoms with E-state index < -0.39 is 0 Å². The molecule has 0 bridgehead atoms. The summed E-state index contributed by atoms with van der Waals surface area (Å²) in [6.07, 6.45) is 2.54. The van der Waals surface area contributed by atoms with Crippen molar-refractivity contribution in [2.75, 3.05) is 25.7 Å². The van der Waals surface area contributed by atoms with Crippen LogP contribution >= 0.6 is 0 Å². The average molecular weight is 303 g/mol. The molecule has 0 aliphatic carbocycles. The van der Waals surface area contributed by atoms with Gasteiger partial charge >= 0.3 is 0 Å². The van der Waals surface area contributed by atoms with Gasteiger partial charge in [-0.15, -0.1) is 0 Å². The van der Waals surface area contributed by atoms with Crippen molar-refractivity contribution in [1.82, 2.24) is 19.9 Å². The van der Waals surface area contributed by atoms with E-state index in [-0.39, 0.29) is 12.1 Å². The third kappa shape index (κ3) is 2.64. The normalized spacial score (nSPS) is 21.4. The van der Waals surface area contributed by atoms with Gasteiger partial charge in [0.1, 0.15) is 18.0 Å². The highest BCUT2D eigenvalue weighted by atomic mass is 16.5. The molecule has 3 rings (SSSR count). The summed E-state index contributed by atoms with van der Waals surface area (Å²) in [5.41, 5.74) is 2.12. The van der Waals surface area contributed by atoms with E-state index in [4.69, 9.17) is 9.47 Å². The quantitative estimate of drug-likeness (QED) is 0.928. The molecule has 7 nitrogen and oxygen atoms in total. The number of H-pyrrole nitrogens is 1. The largest absolute Gasteiger partial charge is 0.481 e. The maximum absolute atomic E-state index is 5.55. The van der Waals surface area contributed by atoms with E-state index in [0.717, 1.165) is 36.0 Å². The average Bonchev–Trinajstić information content (AvgIpc) is 3.11. The Bertz CT molecular complexity index is 638. The van der Waals surface area contributed by atoms with Gasteiger partial charge in [-0.2, -0.15) is 0 Å². The molecule has 1 fully saturated rings. The van der Waals surface area contributed by atoms with Crippen LogP contribution in [0.3, 0.4) is 0 Å². The zero-order valence-electron chi connectivity index (χ0n) is 13.3. The highest BCUT2D eigenvalue weighted by molar-refractivity contribution is 5.45. The minimum Gasteiger partial charge on any atom is -0.481 e. The number of anilines is 1. The minimum absolute atomic E-state index is 0.108. The third-order valence-electron chi connectivity index (χ3n) is 4.19. The van der Waals surface area contributed by atoms with Crippen LogP contribution in [0.25, 0.3) is 0 Å². The lowest BCUT2D eigenvalue weighted by molar-refractivity contribution is 0.118. The van der Waals surface area contributed by atoms with Crippen LogP contribution in [-0.2, 0) is 4.74 Å². The molecule has 1 aliphatic heterocycles. The summed E-state index contributed by atoms with van der Waals surface area (Å²) in [6.45, 7) is 4.81. The molecule has 0 aromatic carbocycles. The van der Waals surface area contributed by atoms with Crippen LogP contribution in [0, 0.1) is 13.8 Å². The summed E-state index contributed by atoms with van der Waals surface area (Å²) in [6, 6.07) is 1.95. The van der Waals surface area contributed by atoms with Crippen molar-refractivity contribution in [2.24, 2.45) is 0 Å². The Morgan fingerprint density at radius 1 is 1.27 bits per heavy atom. The zero-order chi connectivity index (χ0) is 15.7. The lowest BCUT2D eigenvalue weighted by atomic mass is 10.2. The van der Waals surface area contributed by atoms with Gasteiger partial charge in [0, 0.05) is 31.8 Å². The SMILES string of the molecule is COc1cc(N2C[C@H](OC)C[C@H]2c2nc(C)c(C)[nH]2)ncn1. The Morgan fingerprint density at radius 3 is 2.73 bits per heavy atom. The second-order valence-electron chi connectivity index (χ2n) is 5.51. The lowest BCUT2D eigenvalue weighted by Gasteiger charge is -2.23. The maximum Gasteiger partial charge on any atom is 0.218 e. The van der Waals surface area contributed by atoms with Crippen LogP contribution < -0.4 is 9.64 Å². The predicted molar refractivity (Wildman–Crippen MR) is 82.1 cm³/mol. The van der Waals surface area contributed by atoms with Crippen molar-refractivity contribution in [3.63, 3.8) is 0 Å². The molecular weight excluding hydrogens is 282 g/mol. The summed E-state index contributed by atoms with van der Waals surface area (Å²) < 4.78 is 10.7. The number of aromatic amines is 1. The Balaban J connectivity index is 1.95. The fourth-order valence-corrected chi connectivity index (χ4v) is 2.81. The number of imidazole rings is 1. The van der Waals surface area contributed by atoms with E-state index in [0.29, 0.717) is 5.88 Å². The van der Waals surface area contributed by atoms with Crippen molar-refractivity contribution >= 4 is 5.82 Å². The summed E-state index contributed by atoms with van der Waals surface area (Å²) >= 11 is 0. The van der Waals surface area contributed by atoms with Gasteiger partial charge in [-0.05, 0) is 13.8 Å². The van der Waals surface area contributed by atoms with Gasteiger partial charge in [0.05, 0.1) is 24.9 Å². The Hall–Kier alpha value is -2.15. The summed E-state index contributed by atoms with van der Waals surface area (Å²) in [5, 5.41) is 0. The molecule has 2 atom stereocenters. The molecule has 3 heterocycles. The fourth-order valence-electron chi connectivity index (χ4n) is 2.81. The van der Waals surface area contributed by atoms with Gasteiger partial charge in [-0.1, -0.05) is 0 Å². The number of methoxy groups -OCH3 is 2. The van der Waals surface area contributed by atoms with Gasteiger partial charge in [0.15, 0.2) is 0 Å². The molecular formula is C15H21N5O2.